The van der Waals surface area contributed by atoms with E-state index < -0.39 is 0 Å². The van der Waals surface area contributed by atoms with E-state index in [0.717, 1.165) is 28.1 Å². The number of thiazole rings is 1. The molecule has 1 atom stereocenters. The predicted octanol–water partition coefficient (Wildman–Crippen LogP) is 11.5. The van der Waals surface area contributed by atoms with E-state index in [1.54, 1.807) is 11.3 Å². The lowest BCUT2D eigenvalue weighted by molar-refractivity contribution is 0.672. The second-order valence-electron chi connectivity index (χ2n) is 11.8. The van der Waals surface area contributed by atoms with Gasteiger partial charge in [-0.15, -0.1) is 11.3 Å². The Labute approximate surface area is 257 Å². The molecule has 2 aromatic heterocycles. The van der Waals surface area contributed by atoms with Gasteiger partial charge < -0.3 is 4.42 Å². The Morgan fingerprint density at radius 2 is 1.43 bits per heavy atom. The van der Waals surface area contributed by atoms with E-state index in [-0.39, 0.29) is 5.92 Å². The van der Waals surface area contributed by atoms with E-state index in [9.17, 15) is 0 Å². The maximum absolute atomic E-state index is 6.57. The summed E-state index contributed by atoms with van der Waals surface area (Å²) in [6, 6.07) is 48.3. The van der Waals surface area contributed by atoms with E-state index in [1.807, 2.05) is 0 Å². The Kier molecular flexibility index (Phi) is 5.02. The minimum Gasteiger partial charge on any atom is -0.455 e. The molecular weight excluding hydrogens is 555 g/mol. The summed E-state index contributed by atoms with van der Waals surface area (Å²) in [6.45, 7) is 0. The molecule has 44 heavy (non-hydrogen) atoms. The molecule has 1 aliphatic carbocycles. The largest absolute Gasteiger partial charge is 0.455 e. The van der Waals surface area contributed by atoms with Gasteiger partial charge >= 0.3 is 0 Å². The first-order chi connectivity index (χ1) is 21.8. The van der Waals surface area contributed by atoms with Crippen molar-refractivity contribution in [1.29, 1.82) is 0 Å². The monoisotopic (exact) mass is 579 g/mol. The van der Waals surface area contributed by atoms with Crippen molar-refractivity contribution in [2.24, 2.45) is 0 Å². The summed E-state index contributed by atoms with van der Waals surface area (Å²) in [6.07, 6.45) is 0.927. The van der Waals surface area contributed by atoms with Crippen LogP contribution in [0.5, 0.6) is 0 Å². The molecule has 0 saturated carbocycles. The van der Waals surface area contributed by atoms with E-state index >= 15 is 0 Å². The molecule has 0 spiro atoms. The van der Waals surface area contributed by atoms with Crippen molar-refractivity contribution in [1.82, 2.24) is 4.98 Å². The van der Waals surface area contributed by atoms with Crippen LogP contribution in [0.15, 0.2) is 138 Å². The van der Waals surface area contributed by atoms with Crippen LogP contribution in [0.1, 0.15) is 22.6 Å². The molecular formula is C41H25NOS. The van der Waals surface area contributed by atoms with Gasteiger partial charge in [0, 0.05) is 33.0 Å². The Morgan fingerprint density at radius 3 is 2.36 bits per heavy atom. The van der Waals surface area contributed by atoms with Gasteiger partial charge in [0.2, 0.25) is 0 Å². The zero-order valence-electron chi connectivity index (χ0n) is 23.7. The van der Waals surface area contributed by atoms with Crippen molar-refractivity contribution in [3.63, 3.8) is 0 Å². The van der Waals surface area contributed by atoms with Crippen LogP contribution in [-0.4, -0.2) is 4.98 Å². The quantitative estimate of drug-likeness (QED) is 0.204. The Bertz CT molecular complexity index is 2610. The molecule has 9 aromatic rings. The first kappa shape index (κ1) is 24.2. The van der Waals surface area contributed by atoms with Crippen molar-refractivity contribution in [2.75, 3.05) is 0 Å². The number of nitrogens with zero attached hydrogens (tertiary/aromatic N) is 1. The number of fused-ring (bicyclic) bond motifs is 13. The molecule has 3 heteroatoms. The second kappa shape index (κ2) is 9.12. The standard InChI is InChI=1S/C41H25NOS/c1-2-13-27-24(10-1)20-21-36-39(27)42-41(44-36)26-12-9-11-25(22-26)33-23-34-29-15-4-6-17-31(29)40-38(32-18-7-8-19-35(32)43-40)37(34)30-16-5-3-14-28(30)33/h1-22,33H,23H2. The highest BCUT2D eigenvalue weighted by atomic mass is 32.1. The molecule has 0 bridgehead atoms. The molecule has 0 fully saturated rings. The topological polar surface area (TPSA) is 26.0 Å². The van der Waals surface area contributed by atoms with Gasteiger partial charge in [-0.25, -0.2) is 4.98 Å². The van der Waals surface area contributed by atoms with Crippen LogP contribution in [0.3, 0.4) is 0 Å². The van der Waals surface area contributed by atoms with Crippen LogP contribution < -0.4 is 0 Å². The van der Waals surface area contributed by atoms with Crippen LogP contribution in [0.4, 0.5) is 0 Å². The normalized spacial score (nSPS) is 14.5. The van der Waals surface area contributed by atoms with Gasteiger partial charge in [-0.3, -0.25) is 0 Å². The molecule has 2 nitrogen and oxygen atoms in total. The first-order valence-electron chi connectivity index (χ1n) is 15.1. The maximum atomic E-state index is 6.57. The molecule has 0 amide bonds. The summed E-state index contributed by atoms with van der Waals surface area (Å²) in [5, 5.41) is 8.40. The third kappa shape index (κ3) is 3.39. The molecule has 0 aliphatic heterocycles. The fourth-order valence-electron chi connectivity index (χ4n) is 7.54. The molecule has 2 heterocycles. The van der Waals surface area contributed by atoms with Crippen LogP contribution in [-0.2, 0) is 6.42 Å². The summed E-state index contributed by atoms with van der Waals surface area (Å²) < 4.78 is 7.79. The highest BCUT2D eigenvalue weighted by molar-refractivity contribution is 7.21. The van der Waals surface area contributed by atoms with Gasteiger partial charge in [-0.2, -0.15) is 0 Å². The summed E-state index contributed by atoms with van der Waals surface area (Å²) in [7, 11) is 0. The number of rotatable bonds is 2. The zero-order chi connectivity index (χ0) is 28.8. The molecule has 1 aliphatic rings. The average Bonchev–Trinajstić information content (AvgIpc) is 3.71. The molecule has 0 N–H and O–H groups in total. The summed E-state index contributed by atoms with van der Waals surface area (Å²) in [4.78, 5) is 5.18. The van der Waals surface area contributed by atoms with Crippen molar-refractivity contribution in [2.45, 2.75) is 12.3 Å². The van der Waals surface area contributed by atoms with Gasteiger partial charge in [-0.05, 0) is 63.2 Å². The van der Waals surface area contributed by atoms with Gasteiger partial charge in [0.1, 0.15) is 16.2 Å². The number of hydrogen-bond donors (Lipinski definition) is 0. The van der Waals surface area contributed by atoms with Crippen LogP contribution >= 0.6 is 11.3 Å². The molecule has 206 valence electrons. The summed E-state index contributed by atoms with van der Waals surface area (Å²) in [5.41, 5.74) is 10.9. The number of aromatic nitrogens is 1. The highest BCUT2D eigenvalue weighted by Crippen LogP contribution is 2.51. The van der Waals surface area contributed by atoms with Gasteiger partial charge in [0.15, 0.2) is 0 Å². The minimum atomic E-state index is 0.230. The molecule has 7 aromatic carbocycles. The molecule has 0 radical (unpaired) electrons. The average molecular weight is 580 g/mol. The lowest BCUT2D eigenvalue weighted by Crippen LogP contribution is -2.13. The van der Waals surface area contributed by atoms with Crippen molar-refractivity contribution in [3.05, 3.63) is 150 Å². The number of furan rings is 1. The third-order valence-corrected chi connectivity index (χ3v) is 10.5. The van der Waals surface area contributed by atoms with E-state index in [0.29, 0.717) is 0 Å². The first-order valence-corrected chi connectivity index (χ1v) is 16.0. The maximum Gasteiger partial charge on any atom is 0.143 e. The lowest BCUT2D eigenvalue weighted by Gasteiger charge is -2.30. The molecule has 0 saturated heterocycles. The minimum absolute atomic E-state index is 0.230. The third-order valence-electron chi connectivity index (χ3n) is 9.48. The van der Waals surface area contributed by atoms with Crippen molar-refractivity contribution >= 4 is 65.0 Å². The van der Waals surface area contributed by atoms with Gasteiger partial charge in [0.05, 0.1) is 10.2 Å². The van der Waals surface area contributed by atoms with Crippen LogP contribution in [0.25, 0.3) is 75.4 Å². The van der Waals surface area contributed by atoms with Crippen molar-refractivity contribution < 1.29 is 4.42 Å². The molecule has 1 unspecified atom stereocenters. The Morgan fingerprint density at radius 1 is 0.659 bits per heavy atom. The second-order valence-corrected chi connectivity index (χ2v) is 12.9. The number of hydrogen-bond acceptors (Lipinski definition) is 3. The van der Waals surface area contributed by atoms with Gasteiger partial charge in [0.25, 0.3) is 0 Å². The smallest absolute Gasteiger partial charge is 0.143 e. The van der Waals surface area contributed by atoms with Crippen LogP contribution in [0.2, 0.25) is 0 Å². The SMILES string of the molecule is c1cc(-c2nc3c(ccc4ccccc43)s2)cc(C2Cc3c(c4c5ccccc5oc4c4ccccc34)-c3ccccc32)c1. The fourth-order valence-corrected chi connectivity index (χ4v) is 8.51. The fraction of sp³-hybridized carbons (Fsp3) is 0.0488. The van der Waals surface area contributed by atoms with Crippen molar-refractivity contribution in [3.8, 4) is 21.7 Å². The predicted molar refractivity (Wildman–Crippen MR) is 185 cm³/mol. The summed E-state index contributed by atoms with van der Waals surface area (Å²) in [5.74, 6) is 0.230. The summed E-state index contributed by atoms with van der Waals surface area (Å²) >= 11 is 1.78. The molecule has 10 rings (SSSR count). The lowest BCUT2D eigenvalue weighted by atomic mass is 9.73. The van der Waals surface area contributed by atoms with Gasteiger partial charge in [-0.1, -0.05) is 115 Å². The Hall–Kier alpha value is -5.25. The number of para-hydroxylation sites is 1. The van der Waals surface area contributed by atoms with E-state index in [4.69, 9.17) is 9.40 Å². The van der Waals surface area contributed by atoms with Crippen LogP contribution in [0, 0.1) is 0 Å². The number of benzene rings is 7. The zero-order valence-corrected chi connectivity index (χ0v) is 24.6. The Balaban J connectivity index is 1.19. The van der Waals surface area contributed by atoms with E-state index in [1.165, 1.54) is 70.4 Å². The van der Waals surface area contributed by atoms with E-state index in [2.05, 4.69) is 133 Å². The highest BCUT2D eigenvalue weighted by Gasteiger charge is 2.31.